The molecule has 0 amide bonds. The third-order valence-corrected chi connectivity index (χ3v) is 5.39. The largest absolute Gasteiger partial charge is 0.507 e. The Balaban J connectivity index is 1.43. The molecule has 3 aromatic rings. The van der Waals surface area contributed by atoms with Gasteiger partial charge in [-0.3, -0.25) is 14.7 Å². The van der Waals surface area contributed by atoms with Crippen molar-refractivity contribution < 1.29 is 9.84 Å². The van der Waals surface area contributed by atoms with Crippen LogP contribution in [0.1, 0.15) is 30.0 Å². The Hall–Kier alpha value is -3.19. The lowest BCUT2D eigenvalue weighted by molar-refractivity contribution is 0.201. The lowest BCUT2D eigenvalue weighted by atomic mass is 9.93. The summed E-state index contributed by atoms with van der Waals surface area (Å²) < 4.78 is 5.14. The van der Waals surface area contributed by atoms with E-state index in [4.69, 9.17) is 9.72 Å². The van der Waals surface area contributed by atoms with Gasteiger partial charge in [-0.15, -0.1) is 0 Å². The lowest BCUT2D eigenvalue weighted by Gasteiger charge is -2.31. The highest BCUT2D eigenvalue weighted by Crippen LogP contribution is 2.30. The summed E-state index contributed by atoms with van der Waals surface area (Å²) in [4.78, 5) is 26.1. The fourth-order valence-electron chi connectivity index (χ4n) is 3.76. The van der Waals surface area contributed by atoms with Crippen LogP contribution in [0.2, 0.25) is 0 Å². The van der Waals surface area contributed by atoms with E-state index in [2.05, 4.69) is 14.9 Å². The van der Waals surface area contributed by atoms with Crippen LogP contribution in [0.25, 0.3) is 11.4 Å². The van der Waals surface area contributed by atoms with Crippen molar-refractivity contribution in [2.45, 2.75) is 25.3 Å². The number of H-pyrrole nitrogens is 1. The number of aromatic nitrogens is 3. The SMILES string of the molecule is COc1ccc(CN2CCC(c3cc(=O)[nH]c(-c4cccnc4)n3)CC2)c(O)c1. The molecule has 0 spiro atoms. The Bertz CT molecular complexity index is 1030. The molecule has 1 saturated heterocycles. The van der Waals surface area contributed by atoms with Crippen molar-refractivity contribution in [2.75, 3.05) is 20.2 Å². The van der Waals surface area contributed by atoms with Crippen molar-refractivity contribution in [3.8, 4) is 22.9 Å². The Morgan fingerprint density at radius 2 is 2.07 bits per heavy atom. The van der Waals surface area contributed by atoms with Gasteiger partial charge in [0.1, 0.15) is 17.3 Å². The van der Waals surface area contributed by atoms with Gasteiger partial charge in [0.15, 0.2) is 0 Å². The Morgan fingerprint density at radius 3 is 2.76 bits per heavy atom. The molecule has 150 valence electrons. The maximum absolute atomic E-state index is 12.2. The molecule has 2 aromatic heterocycles. The van der Waals surface area contributed by atoms with E-state index in [0.717, 1.165) is 42.8 Å². The van der Waals surface area contributed by atoms with Crippen molar-refractivity contribution >= 4 is 0 Å². The number of nitrogens with one attached hydrogen (secondary N) is 1. The summed E-state index contributed by atoms with van der Waals surface area (Å²) in [6.07, 6.45) is 5.23. The number of ether oxygens (including phenoxy) is 1. The monoisotopic (exact) mass is 392 g/mol. The molecule has 1 aliphatic rings. The molecule has 0 saturated carbocycles. The number of hydrogen-bond donors (Lipinski definition) is 2. The van der Waals surface area contributed by atoms with Crippen molar-refractivity contribution in [1.29, 1.82) is 0 Å². The molecule has 3 heterocycles. The maximum Gasteiger partial charge on any atom is 0.251 e. The van der Waals surface area contributed by atoms with Crippen LogP contribution < -0.4 is 10.3 Å². The zero-order chi connectivity index (χ0) is 20.2. The Labute approximate surface area is 169 Å². The molecule has 1 aliphatic heterocycles. The Kier molecular flexibility index (Phi) is 5.57. The zero-order valence-corrected chi connectivity index (χ0v) is 16.3. The molecule has 0 unspecified atom stereocenters. The van der Waals surface area contributed by atoms with E-state index in [0.29, 0.717) is 18.1 Å². The molecule has 7 heteroatoms. The number of aromatic hydroxyl groups is 1. The second-order valence-electron chi connectivity index (χ2n) is 7.31. The first-order valence-electron chi connectivity index (χ1n) is 9.72. The van der Waals surface area contributed by atoms with E-state index in [1.807, 2.05) is 24.3 Å². The lowest BCUT2D eigenvalue weighted by Crippen LogP contribution is -2.33. The van der Waals surface area contributed by atoms with Gasteiger partial charge in [0.2, 0.25) is 0 Å². The highest BCUT2D eigenvalue weighted by atomic mass is 16.5. The van der Waals surface area contributed by atoms with Crippen LogP contribution in [0.5, 0.6) is 11.5 Å². The number of piperidine rings is 1. The number of benzene rings is 1. The fourth-order valence-corrected chi connectivity index (χ4v) is 3.76. The first-order valence-corrected chi connectivity index (χ1v) is 9.72. The van der Waals surface area contributed by atoms with Gasteiger partial charge in [-0.25, -0.2) is 4.98 Å². The minimum atomic E-state index is -0.139. The molecular weight excluding hydrogens is 368 g/mol. The topological polar surface area (TPSA) is 91.3 Å². The summed E-state index contributed by atoms with van der Waals surface area (Å²) in [5.74, 6) is 1.71. The van der Waals surface area contributed by atoms with E-state index < -0.39 is 0 Å². The van der Waals surface area contributed by atoms with Crippen LogP contribution in [0.4, 0.5) is 0 Å². The van der Waals surface area contributed by atoms with E-state index in [1.165, 1.54) is 0 Å². The van der Waals surface area contributed by atoms with Gasteiger partial charge in [0, 0.05) is 48.1 Å². The molecule has 1 aromatic carbocycles. The average molecular weight is 392 g/mol. The van der Waals surface area contributed by atoms with Crippen molar-refractivity contribution in [3.05, 3.63) is 70.4 Å². The second kappa shape index (κ2) is 8.45. The number of nitrogens with zero attached hydrogens (tertiary/aromatic N) is 3. The first kappa shape index (κ1) is 19.1. The van der Waals surface area contributed by atoms with Crippen LogP contribution in [-0.2, 0) is 6.54 Å². The van der Waals surface area contributed by atoms with Crippen molar-refractivity contribution in [1.82, 2.24) is 19.9 Å². The number of hydrogen-bond acceptors (Lipinski definition) is 6. The van der Waals surface area contributed by atoms with Crippen molar-refractivity contribution in [3.63, 3.8) is 0 Å². The first-order chi connectivity index (χ1) is 14.1. The number of pyridine rings is 1. The normalized spacial score (nSPS) is 15.3. The number of rotatable bonds is 5. The highest BCUT2D eigenvalue weighted by Gasteiger charge is 2.23. The molecular formula is C22H24N4O3. The van der Waals surface area contributed by atoms with Gasteiger partial charge in [-0.1, -0.05) is 6.07 Å². The summed E-state index contributed by atoms with van der Waals surface area (Å²) in [5.41, 5.74) is 2.38. The van der Waals surface area contributed by atoms with Gasteiger partial charge in [-0.05, 0) is 44.1 Å². The van der Waals surface area contributed by atoms with E-state index >= 15 is 0 Å². The number of phenols is 1. The van der Waals surface area contributed by atoms with Crippen LogP contribution >= 0.6 is 0 Å². The average Bonchev–Trinajstić information content (AvgIpc) is 2.76. The summed E-state index contributed by atoms with van der Waals surface area (Å²) in [6.45, 7) is 2.45. The second-order valence-corrected chi connectivity index (χ2v) is 7.31. The third-order valence-electron chi connectivity index (χ3n) is 5.39. The maximum atomic E-state index is 12.2. The number of likely N-dealkylation sites (tertiary alicyclic amines) is 1. The van der Waals surface area contributed by atoms with Gasteiger partial charge in [0.05, 0.1) is 12.8 Å². The molecule has 0 aliphatic carbocycles. The van der Waals surface area contributed by atoms with Crippen molar-refractivity contribution in [2.24, 2.45) is 0 Å². The van der Waals surface area contributed by atoms with Crippen LogP contribution in [0.3, 0.4) is 0 Å². The van der Waals surface area contributed by atoms with Gasteiger partial charge >= 0.3 is 0 Å². The molecule has 0 bridgehead atoms. The Morgan fingerprint density at radius 1 is 1.24 bits per heavy atom. The fraction of sp³-hybridized carbons (Fsp3) is 0.318. The molecule has 7 nitrogen and oxygen atoms in total. The van der Waals surface area contributed by atoms with Gasteiger partial charge in [0.25, 0.3) is 5.56 Å². The third kappa shape index (κ3) is 4.46. The van der Waals surface area contributed by atoms with Gasteiger partial charge < -0.3 is 14.8 Å². The number of aromatic amines is 1. The van der Waals surface area contributed by atoms with E-state index in [1.54, 1.807) is 31.6 Å². The molecule has 0 radical (unpaired) electrons. The quantitative estimate of drug-likeness (QED) is 0.694. The van der Waals surface area contributed by atoms with E-state index in [-0.39, 0.29) is 17.2 Å². The summed E-state index contributed by atoms with van der Waals surface area (Å²) >= 11 is 0. The van der Waals surface area contributed by atoms with Crippen LogP contribution in [0, 0.1) is 0 Å². The smallest absolute Gasteiger partial charge is 0.251 e. The summed E-state index contributed by atoms with van der Waals surface area (Å²) in [6, 6.07) is 10.7. The molecule has 0 atom stereocenters. The predicted molar refractivity (Wildman–Crippen MR) is 110 cm³/mol. The minimum absolute atomic E-state index is 0.139. The standard InChI is InChI=1S/C22H24N4O3/c1-29-18-5-4-17(20(27)11-18)14-26-9-6-15(7-10-26)19-12-21(28)25-22(24-19)16-3-2-8-23-13-16/h2-5,8,11-13,15,27H,6-7,9-10,14H2,1H3,(H,24,25,28). The molecule has 29 heavy (non-hydrogen) atoms. The molecule has 4 rings (SSSR count). The van der Waals surface area contributed by atoms with Gasteiger partial charge in [-0.2, -0.15) is 0 Å². The summed E-state index contributed by atoms with van der Waals surface area (Å²) in [5, 5.41) is 10.2. The molecule has 2 N–H and O–H groups in total. The molecule has 1 fully saturated rings. The predicted octanol–water partition coefficient (Wildman–Crippen LogP) is 2.93. The highest BCUT2D eigenvalue weighted by molar-refractivity contribution is 5.52. The number of phenolic OH excluding ortho intramolecular Hbond substituents is 1. The van der Waals surface area contributed by atoms with E-state index in [9.17, 15) is 9.90 Å². The zero-order valence-electron chi connectivity index (χ0n) is 16.3. The number of methoxy groups -OCH3 is 1. The van der Waals surface area contributed by atoms with Crippen LogP contribution in [0.15, 0.2) is 53.6 Å². The minimum Gasteiger partial charge on any atom is -0.507 e. The summed E-state index contributed by atoms with van der Waals surface area (Å²) in [7, 11) is 1.58. The van der Waals surface area contributed by atoms with Crippen LogP contribution in [-0.4, -0.2) is 45.2 Å².